The minimum absolute atomic E-state index is 0.106. The van der Waals surface area contributed by atoms with Crippen molar-refractivity contribution < 1.29 is 22.7 Å². The van der Waals surface area contributed by atoms with Gasteiger partial charge in [-0.15, -0.1) is 0 Å². The zero-order valence-electron chi connectivity index (χ0n) is 23.8. The van der Waals surface area contributed by atoms with Gasteiger partial charge in [-0.05, 0) is 73.6 Å². The van der Waals surface area contributed by atoms with E-state index < -0.39 is 16.1 Å². The summed E-state index contributed by atoms with van der Waals surface area (Å²) in [5.41, 5.74) is 3.37. The Morgan fingerprint density at radius 2 is 1.71 bits per heavy atom. The van der Waals surface area contributed by atoms with Crippen LogP contribution in [0.2, 0.25) is 0 Å². The quantitative estimate of drug-likeness (QED) is 0.379. The third kappa shape index (κ3) is 9.35. The SMILES string of the molecule is CCC(C(=O)NCC(C)C)N(Cc1cccc(OC)c1)C(=O)CCCN(c1cc(C)cc(C)c1)S(C)(=O)=O. The van der Waals surface area contributed by atoms with Crippen LogP contribution in [0, 0.1) is 19.8 Å². The summed E-state index contributed by atoms with van der Waals surface area (Å²) >= 11 is 0. The van der Waals surface area contributed by atoms with Gasteiger partial charge in [0.2, 0.25) is 21.8 Å². The van der Waals surface area contributed by atoms with Crippen molar-refractivity contribution in [2.24, 2.45) is 5.92 Å². The molecule has 0 fully saturated rings. The highest BCUT2D eigenvalue weighted by molar-refractivity contribution is 7.92. The van der Waals surface area contributed by atoms with Crippen LogP contribution >= 0.6 is 0 Å². The van der Waals surface area contributed by atoms with Gasteiger partial charge >= 0.3 is 0 Å². The van der Waals surface area contributed by atoms with E-state index in [2.05, 4.69) is 5.32 Å². The number of carbonyl (C=O) groups excluding carboxylic acids is 2. The second-order valence-corrected chi connectivity index (χ2v) is 12.1. The average molecular weight is 546 g/mol. The number of carbonyl (C=O) groups is 2. The maximum Gasteiger partial charge on any atom is 0.242 e. The van der Waals surface area contributed by atoms with Crippen LogP contribution < -0.4 is 14.4 Å². The molecule has 2 aromatic rings. The number of methoxy groups -OCH3 is 1. The van der Waals surface area contributed by atoms with E-state index in [0.717, 1.165) is 16.7 Å². The Morgan fingerprint density at radius 3 is 2.26 bits per heavy atom. The number of hydrogen-bond acceptors (Lipinski definition) is 5. The summed E-state index contributed by atoms with van der Waals surface area (Å²) in [5.74, 6) is 0.564. The Bertz CT molecular complexity index is 1180. The van der Waals surface area contributed by atoms with Crippen LogP contribution in [0.15, 0.2) is 42.5 Å². The highest BCUT2D eigenvalue weighted by Gasteiger charge is 2.29. The smallest absolute Gasteiger partial charge is 0.242 e. The first kappa shape index (κ1) is 31.1. The number of amides is 2. The van der Waals surface area contributed by atoms with Gasteiger partial charge in [0, 0.05) is 26.1 Å². The Kier molecular flexibility index (Phi) is 11.6. The van der Waals surface area contributed by atoms with E-state index in [1.165, 1.54) is 10.6 Å². The maximum absolute atomic E-state index is 13.6. The lowest BCUT2D eigenvalue weighted by atomic mass is 10.1. The Morgan fingerprint density at radius 1 is 1.05 bits per heavy atom. The van der Waals surface area contributed by atoms with Gasteiger partial charge < -0.3 is 15.0 Å². The summed E-state index contributed by atoms with van der Waals surface area (Å²) in [6, 6.07) is 12.4. The second-order valence-electron chi connectivity index (χ2n) is 10.2. The molecule has 0 radical (unpaired) electrons. The third-order valence-corrected chi connectivity index (χ3v) is 7.40. The molecule has 0 aliphatic carbocycles. The molecule has 2 rings (SSSR count). The van der Waals surface area contributed by atoms with Gasteiger partial charge in [0.25, 0.3) is 0 Å². The Balaban J connectivity index is 2.25. The van der Waals surface area contributed by atoms with Gasteiger partial charge in [-0.1, -0.05) is 39.0 Å². The summed E-state index contributed by atoms with van der Waals surface area (Å²) in [7, 11) is -1.96. The zero-order valence-corrected chi connectivity index (χ0v) is 24.6. The topological polar surface area (TPSA) is 96.0 Å². The van der Waals surface area contributed by atoms with Crippen LogP contribution in [0.25, 0.3) is 0 Å². The first-order chi connectivity index (χ1) is 17.8. The zero-order chi connectivity index (χ0) is 28.5. The molecule has 0 spiro atoms. The standard InChI is InChI=1S/C29H43N3O5S/c1-8-27(29(34)30-19-21(2)3)31(20-24-11-9-12-26(18-24)37-6)28(33)13-10-14-32(38(7,35)36)25-16-22(4)15-23(5)17-25/h9,11-12,15-18,21,27H,8,10,13-14,19-20H2,1-7H3,(H,30,34). The summed E-state index contributed by atoms with van der Waals surface area (Å²) in [6.45, 7) is 10.7. The second kappa shape index (κ2) is 14.2. The van der Waals surface area contributed by atoms with Crippen molar-refractivity contribution in [3.8, 4) is 5.75 Å². The van der Waals surface area contributed by atoms with Crippen LogP contribution in [-0.2, 0) is 26.2 Å². The predicted molar refractivity (Wildman–Crippen MR) is 153 cm³/mol. The molecule has 0 heterocycles. The van der Waals surface area contributed by atoms with E-state index in [9.17, 15) is 18.0 Å². The molecule has 1 N–H and O–H groups in total. The normalized spacial score (nSPS) is 12.2. The molecule has 0 aliphatic rings. The highest BCUT2D eigenvalue weighted by Crippen LogP contribution is 2.23. The molecule has 0 saturated carbocycles. The van der Waals surface area contributed by atoms with E-state index in [1.54, 1.807) is 12.0 Å². The molecular formula is C29H43N3O5S. The van der Waals surface area contributed by atoms with Crippen LogP contribution in [0.5, 0.6) is 5.75 Å². The third-order valence-electron chi connectivity index (χ3n) is 6.20. The summed E-state index contributed by atoms with van der Waals surface area (Å²) in [4.78, 5) is 28.3. The van der Waals surface area contributed by atoms with Gasteiger partial charge in [-0.3, -0.25) is 13.9 Å². The van der Waals surface area contributed by atoms with E-state index in [1.807, 2.05) is 77.1 Å². The van der Waals surface area contributed by atoms with Gasteiger partial charge in [0.05, 0.1) is 19.1 Å². The van der Waals surface area contributed by atoms with E-state index in [4.69, 9.17) is 4.74 Å². The fourth-order valence-corrected chi connectivity index (χ4v) is 5.36. The average Bonchev–Trinajstić information content (AvgIpc) is 2.83. The monoisotopic (exact) mass is 545 g/mol. The molecule has 0 bridgehead atoms. The number of rotatable bonds is 14. The van der Waals surface area contributed by atoms with E-state index >= 15 is 0 Å². The molecule has 9 heteroatoms. The van der Waals surface area contributed by atoms with Crippen LogP contribution in [0.3, 0.4) is 0 Å². The number of nitrogens with zero attached hydrogens (tertiary/aromatic N) is 2. The number of aryl methyl sites for hydroxylation is 2. The fourth-order valence-electron chi connectivity index (χ4n) is 4.41. The van der Waals surface area contributed by atoms with Crippen LogP contribution in [-0.4, -0.2) is 57.6 Å². The number of hydrogen-bond donors (Lipinski definition) is 1. The Labute approximate surface area is 228 Å². The molecular weight excluding hydrogens is 502 g/mol. The summed E-state index contributed by atoms with van der Waals surface area (Å²) in [6.07, 6.45) is 2.05. The number of ether oxygens (including phenoxy) is 1. The van der Waals surface area contributed by atoms with E-state index in [0.29, 0.717) is 30.8 Å². The van der Waals surface area contributed by atoms with Gasteiger partial charge in [-0.2, -0.15) is 0 Å². The number of nitrogens with one attached hydrogen (secondary N) is 1. The summed E-state index contributed by atoms with van der Waals surface area (Å²) < 4.78 is 31.9. The first-order valence-corrected chi connectivity index (χ1v) is 15.0. The van der Waals surface area contributed by atoms with Gasteiger partial charge in [0.15, 0.2) is 0 Å². The van der Waals surface area contributed by atoms with Crippen molar-refractivity contribution in [3.05, 3.63) is 59.2 Å². The molecule has 210 valence electrons. The van der Waals surface area contributed by atoms with Crippen LogP contribution in [0.4, 0.5) is 5.69 Å². The molecule has 2 aromatic carbocycles. The lowest BCUT2D eigenvalue weighted by molar-refractivity contribution is -0.141. The fraction of sp³-hybridized carbons (Fsp3) is 0.517. The maximum atomic E-state index is 13.6. The molecule has 2 amide bonds. The molecule has 38 heavy (non-hydrogen) atoms. The predicted octanol–water partition coefficient (Wildman–Crippen LogP) is 4.44. The lowest BCUT2D eigenvalue weighted by Crippen LogP contribution is -2.49. The number of benzene rings is 2. The molecule has 0 saturated heterocycles. The minimum atomic E-state index is -3.55. The molecule has 0 aromatic heterocycles. The number of anilines is 1. The van der Waals surface area contributed by atoms with Crippen molar-refractivity contribution in [2.75, 3.05) is 30.8 Å². The first-order valence-electron chi connectivity index (χ1n) is 13.1. The van der Waals surface area contributed by atoms with Crippen molar-refractivity contribution >= 4 is 27.5 Å². The molecule has 0 aliphatic heterocycles. The minimum Gasteiger partial charge on any atom is -0.497 e. The van der Waals surface area contributed by atoms with Crippen molar-refractivity contribution in [3.63, 3.8) is 0 Å². The van der Waals surface area contributed by atoms with Crippen molar-refractivity contribution in [2.45, 2.75) is 66.5 Å². The van der Waals surface area contributed by atoms with E-state index in [-0.39, 0.29) is 37.2 Å². The number of sulfonamides is 1. The van der Waals surface area contributed by atoms with Crippen LogP contribution in [0.1, 0.15) is 56.7 Å². The van der Waals surface area contributed by atoms with Gasteiger partial charge in [-0.25, -0.2) is 8.42 Å². The summed E-state index contributed by atoms with van der Waals surface area (Å²) in [5, 5.41) is 2.96. The molecule has 1 atom stereocenters. The molecule has 8 nitrogen and oxygen atoms in total. The van der Waals surface area contributed by atoms with Crippen molar-refractivity contribution in [1.82, 2.24) is 10.2 Å². The largest absolute Gasteiger partial charge is 0.497 e. The molecule has 1 unspecified atom stereocenters. The highest BCUT2D eigenvalue weighted by atomic mass is 32.2. The van der Waals surface area contributed by atoms with Gasteiger partial charge in [0.1, 0.15) is 11.8 Å². The lowest BCUT2D eigenvalue weighted by Gasteiger charge is -2.31. The van der Waals surface area contributed by atoms with Crippen molar-refractivity contribution in [1.29, 1.82) is 0 Å². The Hall–Kier alpha value is -3.07.